The van der Waals surface area contributed by atoms with E-state index in [-0.39, 0.29) is 19.1 Å². The number of carbonyl (C=O) groups excluding carboxylic acids is 2. The van der Waals surface area contributed by atoms with Gasteiger partial charge in [0.1, 0.15) is 6.79 Å². The molecule has 2 amide bonds. The van der Waals surface area contributed by atoms with E-state index in [1.807, 2.05) is 0 Å². The van der Waals surface area contributed by atoms with Crippen molar-refractivity contribution in [2.45, 2.75) is 12.5 Å². The Morgan fingerprint density at radius 2 is 2.00 bits per heavy atom. The Kier molecular flexibility index (Phi) is 5.58. The minimum Gasteiger partial charge on any atom is -0.355 e. The first-order valence-electron chi connectivity index (χ1n) is 5.61. The van der Waals surface area contributed by atoms with Crippen molar-refractivity contribution in [3.05, 3.63) is 0 Å². The van der Waals surface area contributed by atoms with Crippen molar-refractivity contribution < 1.29 is 23.9 Å². The molecule has 6 nitrogen and oxygen atoms in total. The highest BCUT2D eigenvalue weighted by molar-refractivity contribution is 8.32. The predicted octanol–water partition coefficient (Wildman–Crippen LogP) is 0.360. The summed E-state index contributed by atoms with van der Waals surface area (Å²) in [6.07, 6.45) is 5.84. The van der Waals surface area contributed by atoms with Crippen LogP contribution in [0.3, 0.4) is 0 Å². The van der Waals surface area contributed by atoms with Crippen molar-refractivity contribution in [2.24, 2.45) is 0 Å². The third-order valence-corrected chi connectivity index (χ3v) is 3.83. The fourth-order valence-corrected chi connectivity index (χ4v) is 2.02. The van der Waals surface area contributed by atoms with Crippen molar-refractivity contribution in [3.63, 3.8) is 0 Å². The Labute approximate surface area is 109 Å². The first-order valence-corrected chi connectivity index (χ1v) is 8.64. The highest BCUT2D eigenvalue weighted by Crippen LogP contribution is 2.33. The normalized spacial score (nSPS) is 21.8. The molecule has 1 aliphatic rings. The molecule has 0 bridgehead atoms. The molecule has 1 fully saturated rings. The molecule has 0 N–H and O–H groups in total. The molecule has 1 unspecified atom stereocenters. The minimum atomic E-state index is -0.778. The Bertz CT molecular complexity index is 315. The molecule has 7 heteroatoms. The maximum Gasteiger partial charge on any atom is 0.283 e. The van der Waals surface area contributed by atoms with Crippen LogP contribution in [0.15, 0.2) is 0 Å². The Morgan fingerprint density at radius 3 is 2.50 bits per heavy atom. The molecule has 1 rings (SSSR count). The van der Waals surface area contributed by atoms with E-state index in [0.717, 1.165) is 10.8 Å². The van der Waals surface area contributed by atoms with Crippen LogP contribution in [-0.4, -0.2) is 68.0 Å². The lowest BCUT2D eigenvalue weighted by molar-refractivity contribution is -0.184. The molecule has 18 heavy (non-hydrogen) atoms. The van der Waals surface area contributed by atoms with Gasteiger partial charge in [-0.3, -0.25) is 14.4 Å². The predicted molar refractivity (Wildman–Crippen MR) is 69.4 cm³/mol. The summed E-state index contributed by atoms with van der Waals surface area (Å²) in [7, 11) is 0.693. The maximum absolute atomic E-state index is 11.6. The molecule has 0 aromatic rings. The van der Waals surface area contributed by atoms with Crippen LogP contribution in [0.2, 0.25) is 0 Å². The standard InChI is InChI=1S/C11H21NO5S/c1-15-12-10(13)7-9(11(12)14)17-8-16-5-6-18(2,3)4/h9H,5-8H2,1-4H3. The van der Waals surface area contributed by atoms with E-state index in [9.17, 15) is 9.59 Å². The third kappa shape index (κ3) is 4.56. The lowest BCUT2D eigenvalue weighted by atomic mass is 10.3. The van der Waals surface area contributed by atoms with Gasteiger partial charge in [-0.25, -0.2) is 10.0 Å². The summed E-state index contributed by atoms with van der Waals surface area (Å²) in [6.45, 7) is 0.623. The zero-order valence-electron chi connectivity index (χ0n) is 11.3. The van der Waals surface area contributed by atoms with Crippen LogP contribution in [-0.2, 0) is 23.9 Å². The van der Waals surface area contributed by atoms with Crippen LogP contribution in [0.1, 0.15) is 6.42 Å². The minimum absolute atomic E-state index is 0.0144. The van der Waals surface area contributed by atoms with Crippen molar-refractivity contribution in [3.8, 4) is 0 Å². The topological polar surface area (TPSA) is 65.1 Å². The van der Waals surface area contributed by atoms with Gasteiger partial charge in [-0.15, -0.1) is 0 Å². The summed E-state index contributed by atoms with van der Waals surface area (Å²) in [5.41, 5.74) is 0. The third-order valence-electron chi connectivity index (χ3n) is 2.44. The second-order valence-corrected chi connectivity index (χ2v) is 9.48. The van der Waals surface area contributed by atoms with E-state index < -0.39 is 22.0 Å². The maximum atomic E-state index is 11.6. The van der Waals surface area contributed by atoms with Crippen LogP contribution in [0.4, 0.5) is 0 Å². The SMILES string of the molecule is CON1C(=O)CC(OCOCCS(C)(C)C)C1=O. The van der Waals surface area contributed by atoms with Crippen LogP contribution in [0.5, 0.6) is 0 Å². The fourth-order valence-electron chi connectivity index (χ4n) is 1.40. The van der Waals surface area contributed by atoms with E-state index in [4.69, 9.17) is 9.47 Å². The number of nitrogens with zero attached hydrogens (tertiary/aromatic N) is 1. The smallest absolute Gasteiger partial charge is 0.283 e. The molecule has 0 aliphatic carbocycles. The second kappa shape index (κ2) is 6.51. The highest BCUT2D eigenvalue weighted by Gasteiger charge is 2.40. The fraction of sp³-hybridized carbons (Fsp3) is 0.818. The van der Waals surface area contributed by atoms with Crippen molar-refractivity contribution in [2.75, 3.05) is 45.0 Å². The number of carbonyl (C=O) groups is 2. The summed E-state index contributed by atoms with van der Waals surface area (Å²) < 4.78 is 10.5. The van der Waals surface area contributed by atoms with Crippen molar-refractivity contribution in [1.29, 1.82) is 0 Å². The summed E-state index contributed by atoms with van der Waals surface area (Å²) in [6, 6.07) is 0. The molecule has 0 aromatic heterocycles. The van der Waals surface area contributed by atoms with Gasteiger partial charge in [0, 0.05) is 5.75 Å². The Balaban J connectivity index is 2.21. The van der Waals surface area contributed by atoms with Gasteiger partial charge in [0.05, 0.1) is 20.1 Å². The second-order valence-electron chi connectivity index (χ2n) is 4.89. The molecule has 0 radical (unpaired) electrons. The Hall–Kier alpha value is -0.630. The molecule has 106 valence electrons. The van der Waals surface area contributed by atoms with E-state index in [1.165, 1.54) is 7.11 Å². The first kappa shape index (κ1) is 15.4. The zero-order chi connectivity index (χ0) is 13.8. The van der Waals surface area contributed by atoms with Gasteiger partial charge < -0.3 is 9.47 Å². The number of rotatable bonds is 7. The Morgan fingerprint density at radius 1 is 1.33 bits per heavy atom. The zero-order valence-corrected chi connectivity index (χ0v) is 12.1. The van der Waals surface area contributed by atoms with Gasteiger partial charge in [0.2, 0.25) is 0 Å². The van der Waals surface area contributed by atoms with Crippen molar-refractivity contribution >= 4 is 21.8 Å². The van der Waals surface area contributed by atoms with Crippen molar-refractivity contribution in [1.82, 2.24) is 5.06 Å². The van der Waals surface area contributed by atoms with Crippen LogP contribution < -0.4 is 0 Å². The quantitative estimate of drug-likeness (QED) is 0.382. The lowest BCUT2D eigenvalue weighted by Crippen LogP contribution is -2.32. The van der Waals surface area contributed by atoms with E-state index >= 15 is 0 Å². The molecular formula is C11H21NO5S. The van der Waals surface area contributed by atoms with Crippen LogP contribution in [0, 0.1) is 0 Å². The van der Waals surface area contributed by atoms with Crippen LogP contribution in [0.25, 0.3) is 0 Å². The van der Waals surface area contributed by atoms with Gasteiger partial charge in [0.25, 0.3) is 11.8 Å². The van der Waals surface area contributed by atoms with E-state index in [2.05, 4.69) is 23.6 Å². The number of hydrogen-bond acceptors (Lipinski definition) is 5. The largest absolute Gasteiger partial charge is 0.355 e. The molecule has 0 aromatic carbocycles. The number of hydrogen-bond donors (Lipinski definition) is 0. The van der Waals surface area contributed by atoms with E-state index in [0.29, 0.717) is 6.61 Å². The number of amides is 2. The molecule has 1 atom stereocenters. The van der Waals surface area contributed by atoms with Crippen LogP contribution >= 0.6 is 10.0 Å². The molecule has 1 saturated heterocycles. The summed E-state index contributed by atoms with van der Waals surface area (Å²) in [4.78, 5) is 27.5. The van der Waals surface area contributed by atoms with Gasteiger partial charge in [-0.1, -0.05) is 0 Å². The summed E-state index contributed by atoms with van der Waals surface area (Å²) in [5, 5.41) is 0.726. The average Bonchev–Trinajstić information content (AvgIpc) is 2.52. The molecule has 0 saturated carbocycles. The molecule has 0 spiro atoms. The van der Waals surface area contributed by atoms with Gasteiger partial charge in [0.15, 0.2) is 6.10 Å². The number of ether oxygens (including phenoxy) is 2. The molecule has 1 aliphatic heterocycles. The van der Waals surface area contributed by atoms with Gasteiger partial charge in [-0.05, 0) is 18.8 Å². The lowest BCUT2D eigenvalue weighted by Gasteiger charge is -2.24. The number of hydroxylamine groups is 2. The average molecular weight is 279 g/mol. The molecule has 1 heterocycles. The molecular weight excluding hydrogens is 258 g/mol. The highest BCUT2D eigenvalue weighted by atomic mass is 32.3. The summed E-state index contributed by atoms with van der Waals surface area (Å²) in [5.74, 6) is 0.136. The first-order chi connectivity index (χ1) is 8.35. The van der Waals surface area contributed by atoms with E-state index in [1.54, 1.807) is 0 Å². The van der Waals surface area contributed by atoms with Gasteiger partial charge in [-0.2, -0.15) is 5.06 Å². The van der Waals surface area contributed by atoms with Gasteiger partial charge >= 0.3 is 0 Å². The monoisotopic (exact) mass is 279 g/mol. The number of imide groups is 1. The summed E-state index contributed by atoms with van der Waals surface area (Å²) >= 11 is 0.